The van der Waals surface area contributed by atoms with Crippen LogP contribution in [0.15, 0.2) is 18.2 Å². The molecule has 1 atom stereocenters. The van der Waals surface area contributed by atoms with E-state index in [-0.39, 0.29) is 17.4 Å². The summed E-state index contributed by atoms with van der Waals surface area (Å²) in [6.45, 7) is 0.702. The van der Waals surface area contributed by atoms with Gasteiger partial charge in [-0.3, -0.25) is 4.79 Å². The summed E-state index contributed by atoms with van der Waals surface area (Å²) in [5.74, 6) is 0.0529. The fourth-order valence-electron chi connectivity index (χ4n) is 2.81. The number of nitrogens with two attached hydrogens (primary N) is 1. The van der Waals surface area contributed by atoms with Crippen molar-refractivity contribution in [1.82, 2.24) is 5.32 Å². The fraction of sp³-hybridized carbons (Fsp3) is 0.562. The largest absolute Gasteiger partial charge is 0.504 e. The van der Waals surface area contributed by atoms with Crippen LogP contribution in [-0.2, 0) is 11.2 Å². The number of aromatic hydroxyl groups is 2. The summed E-state index contributed by atoms with van der Waals surface area (Å²) in [5, 5.41) is 21.6. The molecule has 1 aliphatic carbocycles. The van der Waals surface area contributed by atoms with Crippen LogP contribution in [0.5, 0.6) is 11.5 Å². The highest BCUT2D eigenvalue weighted by Gasteiger charge is 2.18. The van der Waals surface area contributed by atoms with Gasteiger partial charge in [0.2, 0.25) is 5.91 Å². The second kappa shape index (κ2) is 7.31. The summed E-state index contributed by atoms with van der Waals surface area (Å²) in [6.07, 6.45) is 6.50. The quantitative estimate of drug-likeness (QED) is 0.621. The predicted octanol–water partition coefficient (Wildman–Crippen LogP) is 1.66. The number of benzene rings is 1. The van der Waals surface area contributed by atoms with Crippen molar-refractivity contribution in [2.24, 2.45) is 11.7 Å². The van der Waals surface area contributed by atoms with E-state index < -0.39 is 6.04 Å². The van der Waals surface area contributed by atoms with Crippen LogP contribution in [0, 0.1) is 5.92 Å². The molecule has 0 spiro atoms. The second-order valence-electron chi connectivity index (χ2n) is 5.88. The van der Waals surface area contributed by atoms with Gasteiger partial charge >= 0.3 is 0 Å². The zero-order valence-corrected chi connectivity index (χ0v) is 12.2. The van der Waals surface area contributed by atoms with E-state index in [0.29, 0.717) is 18.9 Å². The maximum Gasteiger partial charge on any atom is 0.237 e. The number of carbonyl (C=O) groups excluding carboxylic acids is 1. The Morgan fingerprint density at radius 1 is 1.24 bits per heavy atom. The molecule has 0 aromatic heterocycles. The van der Waals surface area contributed by atoms with E-state index in [1.807, 2.05) is 0 Å². The zero-order chi connectivity index (χ0) is 15.2. The standard InChI is InChI=1S/C16H24N2O3/c17-13(8-12-6-7-14(19)15(20)9-12)16(21)18-10-11-4-2-1-3-5-11/h6-7,9,11,13,19-20H,1-5,8,10,17H2,(H,18,21)/t13-/m0/s1. The Morgan fingerprint density at radius 2 is 1.95 bits per heavy atom. The van der Waals surface area contributed by atoms with Gasteiger partial charge in [-0.2, -0.15) is 0 Å². The lowest BCUT2D eigenvalue weighted by molar-refractivity contribution is -0.122. The van der Waals surface area contributed by atoms with E-state index in [1.54, 1.807) is 6.07 Å². The summed E-state index contributed by atoms with van der Waals surface area (Å²) in [4.78, 5) is 12.0. The van der Waals surface area contributed by atoms with Gasteiger partial charge in [-0.05, 0) is 42.9 Å². The van der Waals surface area contributed by atoms with Gasteiger partial charge in [-0.25, -0.2) is 0 Å². The highest BCUT2D eigenvalue weighted by atomic mass is 16.3. The van der Waals surface area contributed by atoms with E-state index >= 15 is 0 Å². The van der Waals surface area contributed by atoms with Crippen LogP contribution in [0.25, 0.3) is 0 Å². The lowest BCUT2D eigenvalue weighted by atomic mass is 9.89. The molecule has 21 heavy (non-hydrogen) atoms. The lowest BCUT2D eigenvalue weighted by Crippen LogP contribution is -2.43. The molecule has 5 N–H and O–H groups in total. The molecule has 0 aliphatic heterocycles. The average molecular weight is 292 g/mol. The van der Waals surface area contributed by atoms with E-state index in [1.165, 1.54) is 44.2 Å². The summed E-state index contributed by atoms with van der Waals surface area (Å²) < 4.78 is 0. The van der Waals surface area contributed by atoms with Crippen LogP contribution in [0.2, 0.25) is 0 Å². The third-order valence-electron chi connectivity index (χ3n) is 4.12. The number of phenols is 2. The first-order chi connectivity index (χ1) is 10.1. The Balaban J connectivity index is 1.79. The van der Waals surface area contributed by atoms with E-state index in [9.17, 15) is 15.0 Å². The second-order valence-corrected chi connectivity index (χ2v) is 5.88. The molecule has 116 valence electrons. The minimum atomic E-state index is -0.641. The van der Waals surface area contributed by atoms with Crippen molar-refractivity contribution in [2.45, 2.75) is 44.6 Å². The van der Waals surface area contributed by atoms with E-state index in [2.05, 4.69) is 5.32 Å². The number of hydrogen-bond donors (Lipinski definition) is 4. The molecular weight excluding hydrogens is 268 g/mol. The Labute approximate surface area is 125 Å². The van der Waals surface area contributed by atoms with Crippen LogP contribution in [0.4, 0.5) is 0 Å². The molecule has 5 heteroatoms. The summed E-state index contributed by atoms with van der Waals surface area (Å²) in [7, 11) is 0. The molecule has 2 rings (SSSR count). The Kier molecular flexibility index (Phi) is 5.44. The van der Waals surface area contributed by atoms with Crippen molar-refractivity contribution in [3.8, 4) is 11.5 Å². The first-order valence-corrected chi connectivity index (χ1v) is 7.60. The molecule has 1 aromatic carbocycles. The van der Waals surface area contributed by atoms with E-state index in [0.717, 1.165) is 5.56 Å². The summed E-state index contributed by atoms with van der Waals surface area (Å²) >= 11 is 0. The molecular formula is C16H24N2O3. The smallest absolute Gasteiger partial charge is 0.237 e. The van der Waals surface area contributed by atoms with Gasteiger partial charge in [0.05, 0.1) is 6.04 Å². The van der Waals surface area contributed by atoms with Crippen LogP contribution in [0.1, 0.15) is 37.7 Å². The number of nitrogens with one attached hydrogen (secondary N) is 1. The lowest BCUT2D eigenvalue weighted by Gasteiger charge is -2.22. The van der Waals surface area contributed by atoms with Crippen LogP contribution in [0.3, 0.4) is 0 Å². The Hall–Kier alpha value is -1.75. The SMILES string of the molecule is N[C@@H](Cc1ccc(O)c(O)c1)C(=O)NCC1CCCCC1. The topological polar surface area (TPSA) is 95.6 Å². The zero-order valence-electron chi connectivity index (χ0n) is 12.2. The molecule has 1 fully saturated rings. The van der Waals surface area contributed by atoms with Crippen LogP contribution >= 0.6 is 0 Å². The molecule has 0 saturated heterocycles. The van der Waals surface area contributed by atoms with Crippen molar-refractivity contribution in [2.75, 3.05) is 6.54 Å². The highest BCUT2D eigenvalue weighted by Crippen LogP contribution is 2.25. The first-order valence-electron chi connectivity index (χ1n) is 7.60. The number of hydrogen-bond acceptors (Lipinski definition) is 4. The molecule has 1 amide bonds. The number of phenolic OH excluding ortho intramolecular Hbond substituents is 2. The van der Waals surface area contributed by atoms with Gasteiger partial charge in [0.25, 0.3) is 0 Å². The molecule has 0 bridgehead atoms. The Morgan fingerprint density at radius 3 is 2.62 bits per heavy atom. The van der Waals surface area contributed by atoms with Crippen LogP contribution in [-0.4, -0.2) is 28.7 Å². The van der Waals surface area contributed by atoms with Gasteiger partial charge in [-0.1, -0.05) is 25.3 Å². The minimum absolute atomic E-state index is 0.159. The number of amides is 1. The molecule has 5 nitrogen and oxygen atoms in total. The predicted molar refractivity (Wildman–Crippen MR) is 81.0 cm³/mol. The van der Waals surface area contributed by atoms with Crippen molar-refractivity contribution < 1.29 is 15.0 Å². The van der Waals surface area contributed by atoms with Gasteiger partial charge in [0.15, 0.2) is 11.5 Å². The van der Waals surface area contributed by atoms with Gasteiger partial charge in [0, 0.05) is 6.54 Å². The van der Waals surface area contributed by atoms with E-state index in [4.69, 9.17) is 5.73 Å². The van der Waals surface area contributed by atoms with Gasteiger partial charge < -0.3 is 21.3 Å². The summed E-state index contributed by atoms with van der Waals surface area (Å²) in [5.41, 5.74) is 6.62. The molecule has 1 aromatic rings. The monoisotopic (exact) mass is 292 g/mol. The third kappa shape index (κ3) is 4.63. The number of rotatable bonds is 5. The van der Waals surface area contributed by atoms with Crippen molar-refractivity contribution >= 4 is 5.91 Å². The molecule has 1 saturated carbocycles. The maximum absolute atomic E-state index is 12.0. The first kappa shape index (κ1) is 15.6. The molecule has 1 aliphatic rings. The normalized spacial score (nSPS) is 17.4. The van der Waals surface area contributed by atoms with Gasteiger partial charge in [0.1, 0.15) is 0 Å². The Bertz CT molecular complexity index is 484. The highest BCUT2D eigenvalue weighted by molar-refractivity contribution is 5.81. The third-order valence-corrected chi connectivity index (χ3v) is 4.12. The number of carbonyl (C=O) groups is 1. The average Bonchev–Trinajstić information content (AvgIpc) is 2.49. The van der Waals surface area contributed by atoms with Gasteiger partial charge in [-0.15, -0.1) is 0 Å². The van der Waals surface area contributed by atoms with Crippen LogP contribution < -0.4 is 11.1 Å². The molecule has 0 unspecified atom stereocenters. The molecule has 0 radical (unpaired) electrons. The van der Waals surface area contributed by atoms with Crippen molar-refractivity contribution in [3.63, 3.8) is 0 Å². The minimum Gasteiger partial charge on any atom is -0.504 e. The maximum atomic E-state index is 12.0. The van der Waals surface area contributed by atoms with Crippen molar-refractivity contribution in [1.29, 1.82) is 0 Å². The fourth-order valence-corrected chi connectivity index (χ4v) is 2.81. The summed E-state index contributed by atoms with van der Waals surface area (Å²) in [6, 6.07) is 3.85. The van der Waals surface area contributed by atoms with Crippen molar-refractivity contribution in [3.05, 3.63) is 23.8 Å². The molecule has 0 heterocycles.